The molecule has 6 nitrogen and oxygen atoms in total. The molecule has 158 valence electrons. The second-order valence-electron chi connectivity index (χ2n) is 6.97. The van der Waals surface area contributed by atoms with E-state index in [2.05, 4.69) is 69.6 Å². The number of para-hydroxylation sites is 1. The number of morpholine rings is 1. The molecule has 2 aromatic rings. The largest absolute Gasteiger partial charge is 0.385 e. The van der Waals surface area contributed by atoms with Crippen molar-refractivity contribution in [3.63, 3.8) is 0 Å². The summed E-state index contributed by atoms with van der Waals surface area (Å²) in [5.74, 6) is 0.891. The van der Waals surface area contributed by atoms with Gasteiger partial charge in [-0.3, -0.25) is 9.89 Å². The van der Waals surface area contributed by atoms with E-state index in [1.807, 2.05) is 17.4 Å². The van der Waals surface area contributed by atoms with Gasteiger partial charge in [-0.1, -0.05) is 24.3 Å². The number of nitrogens with one attached hydrogen (secondary N) is 3. The van der Waals surface area contributed by atoms with E-state index in [4.69, 9.17) is 9.73 Å². The van der Waals surface area contributed by atoms with Crippen LogP contribution in [0.15, 0.2) is 52.8 Å². The van der Waals surface area contributed by atoms with Gasteiger partial charge in [0.25, 0.3) is 0 Å². The Morgan fingerprint density at radius 2 is 1.93 bits per heavy atom. The Morgan fingerprint density at radius 1 is 1.10 bits per heavy atom. The number of nitrogens with zero attached hydrogens (tertiary/aromatic N) is 2. The standard InChI is InChI=1S/C22H33N5OS/c1-2-23-22(25-12-7-11-24-19-8-4-3-5-9-19)26-18-20(21-10-6-17-29-21)27-13-15-28-16-14-27/h3-6,8-10,17,20,24H,2,7,11-16,18H2,1H3,(H2,23,25,26). The minimum Gasteiger partial charge on any atom is -0.385 e. The third kappa shape index (κ3) is 7.34. The van der Waals surface area contributed by atoms with Gasteiger partial charge in [-0.2, -0.15) is 0 Å². The Bertz CT molecular complexity index is 701. The highest BCUT2D eigenvalue weighted by Crippen LogP contribution is 2.26. The van der Waals surface area contributed by atoms with Crippen LogP contribution in [0.5, 0.6) is 0 Å². The van der Waals surface area contributed by atoms with E-state index >= 15 is 0 Å². The van der Waals surface area contributed by atoms with Crippen molar-refractivity contribution in [2.75, 3.05) is 57.8 Å². The van der Waals surface area contributed by atoms with Crippen molar-refractivity contribution in [3.05, 3.63) is 52.7 Å². The monoisotopic (exact) mass is 415 g/mol. The van der Waals surface area contributed by atoms with E-state index in [9.17, 15) is 0 Å². The van der Waals surface area contributed by atoms with E-state index in [0.29, 0.717) is 6.04 Å². The molecule has 0 bridgehead atoms. The van der Waals surface area contributed by atoms with Crippen molar-refractivity contribution in [1.29, 1.82) is 0 Å². The second kappa shape index (κ2) is 12.5. The molecule has 3 N–H and O–H groups in total. The number of hydrogen-bond donors (Lipinski definition) is 3. The lowest BCUT2D eigenvalue weighted by Crippen LogP contribution is -2.41. The zero-order chi connectivity index (χ0) is 20.2. The van der Waals surface area contributed by atoms with Crippen LogP contribution in [-0.4, -0.2) is 63.3 Å². The highest BCUT2D eigenvalue weighted by Gasteiger charge is 2.23. The van der Waals surface area contributed by atoms with Gasteiger partial charge in [-0.25, -0.2) is 0 Å². The van der Waals surface area contributed by atoms with Gasteiger partial charge in [0, 0.05) is 43.3 Å². The van der Waals surface area contributed by atoms with E-state index in [0.717, 1.165) is 70.6 Å². The molecule has 0 saturated carbocycles. The molecule has 1 aliphatic rings. The van der Waals surface area contributed by atoms with E-state index in [-0.39, 0.29) is 0 Å². The number of rotatable bonds is 10. The molecular weight excluding hydrogens is 382 g/mol. The number of benzene rings is 1. The molecule has 1 atom stereocenters. The van der Waals surface area contributed by atoms with Crippen LogP contribution < -0.4 is 16.0 Å². The fourth-order valence-electron chi connectivity index (χ4n) is 3.36. The Hall–Kier alpha value is -2.09. The van der Waals surface area contributed by atoms with Gasteiger partial charge in [0.2, 0.25) is 0 Å². The van der Waals surface area contributed by atoms with Gasteiger partial charge in [-0.15, -0.1) is 11.3 Å². The Balaban J connectivity index is 1.49. The predicted molar refractivity (Wildman–Crippen MR) is 123 cm³/mol. The molecule has 1 aromatic carbocycles. The summed E-state index contributed by atoms with van der Waals surface area (Å²) < 4.78 is 5.53. The van der Waals surface area contributed by atoms with E-state index in [1.54, 1.807) is 0 Å². The average molecular weight is 416 g/mol. The number of anilines is 1. The van der Waals surface area contributed by atoms with Crippen molar-refractivity contribution in [1.82, 2.24) is 15.5 Å². The first-order chi connectivity index (χ1) is 14.4. The Morgan fingerprint density at radius 3 is 2.66 bits per heavy atom. The highest BCUT2D eigenvalue weighted by molar-refractivity contribution is 7.10. The summed E-state index contributed by atoms with van der Waals surface area (Å²) in [6.45, 7) is 9.06. The number of hydrogen-bond acceptors (Lipinski definition) is 5. The lowest BCUT2D eigenvalue weighted by atomic mass is 10.2. The molecule has 1 aliphatic heterocycles. The Kier molecular flexibility index (Phi) is 9.29. The van der Waals surface area contributed by atoms with Crippen molar-refractivity contribution < 1.29 is 4.74 Å². The van der Waals surface area contributed by atoms with E-state index in [1.165, 1.54) is 4.88 Å². The summed E-state index contributed by atoms with van der Waals surface area (Å²) in [6, 6.07) is 15.0. The van der Waals surface area contributed by atoms with Crippen molar-refractivity contribution in [2.45, 2.75) is 19.4 Å². The summed E-state index contributed by atoms with van der Waals surface area (Å²) >= 11 is 1.81. The maximum absolute atomic E-state index is 5.53. The lowest BCUT2D eigenvalue weighted by molar-refractivity contribution is 0.0186. The van der Waals surface area contributed by atoms with Crippen molar-refractivity contribution in [3.8, 4) is 0 Å². The van der Waals surface area contributed by atoms with Gasteiger partial charge < -0.3 is 20.7 Å². The number of guanidine groups is 1. The summed E-state index contributed by atoms with van der Waals surface area (Å²) in [5.41, 5.74) is 1.16. The molecule has 0 aliphatic carbocycles. The topological polar surface area (TPSA) is 60.9 Å². The van der Waals surface area contributed by atoms with Crippen LogP contribution >= 0.6 is 11.3 Å². The SMILES string of the molecule is CCNC(=NCC(c1cccs1)N1CCOCC1)NCCCNc1ccccc1. The maximum atomic E-state index is 5.53. The molecule has 2 heterocycles. The highest BCUT2D eigenvalue weighted by atomic mass is 32.1. The average Bonchev–Trinajstić information content (AvgIpc) is 3.29. The lowest BCUT2D eigenvalue weighted by Gasteiger charge is -2.33. The smallest absolute Gasteiger partial charge is 0.191 e. The quantitative estimate of drug-likeness (QED) is 0.316. The molecule has 0 radical (unpaired) electrons. The third-order valence-corrected chi connectivity index (χ3v) is 5.85. The van der Waals surface area contributed by atoms with Crippen molar-refractivity contribution in [2.24, 2.45) is 4.99 Å². The fraction of sp³-hybridized carbons (Fsp3) is 0.500. The van der Waals surface area contributed by atoms with Crippen molar-refractivity contribution >= 4 is 23.0 Å². The van der Waals surface area contributed by atoms with Crippen LogP contribution in [0.2, 0.25) is 0 Å². The van der Waals surface area contributed by atoms with Crippen LogP contribution in [0.25, 0.3) is 0 Å². The van der Waals surface area contributed by atoms with Gasteiger partial charge in [0.05, 0.1) is 25.8 Å². The van der Waals surface area contributed by atoms with Crippen LogP contribution in [-0.2, 0) is 4.74 Å². The summed E-state index contributed by atoms with van der Waals surface area (Å²) in [4.78, 5) is 8.76. The molecule has 1 unspecified atom stereocenters. The van der Waals surface area contributed by atoms with Crippen LogP contribution in [0.3, 0.4) is 0 Å². The zero-order valence-corrected chi connectivity index (χ0v) is 18.1. The van der Waals surface area contributed by atoms with Gasteiger partial charge in [0.1, 0.15) is 0 Å². The summed E-state index contributed by atoms with van der Waals surface area (Å²) in [7, 11) is 0. The normalized spacial score (nSPS) is 16.4. The zero-order valence-electron chi connectivity index (χ0n) is 17.3. The molecule has 3 rings (SSSR count). The molecule has 0 spiro atoms. The minimum absolute atomic E-state index is 0.314. The predicted octanol–water partition coefficient (Wildman–Crippen LogP) is 3.18. The fourth-order valence-corrected chi connectivity index (χ4v) is 4.21. The molecule has 1 aromatic heterocycles. The second-order valence-corrected chi connectivity index (χ2v) is 7.95. The Labute approximate surface area is 178 Å². The first-order valence-electron chi connectivity index (χ1n) is 10.5. The molecule has 1 fully saturated rings. The molecule has 7 heteroatoms. The summed E-state index contributed by atoms with van der Waals surface area (Å²) in [6.07, 6.45) is 1.02. The minimum atomic E-state index is 0.314. The summed E-state index contributed by atoms with van der Waals surface area (Å²) in [5, 5.41) is 12.4. The van der Waals surface area contributed by atoms with E-state index < -0.39 is 0 Å². The first kappa shape index (κ1) is 21.6. The van der Waals surface area contributed by atoms with Crippen LogP contribution in [0.4, 0.5) is 5.69 Å². The molecule has 0 amide bonds. The molecule has 29 heavy (non-hydrogen) atoms. The molecular formula is C22H33N5OS. The van der Waals surface area contributed by atoms with Crippen LogP contribution in [0.1, 0.15) is 24.3 Å². The first-order valence-corrected chi connectivity index (χ1v) is 11.4. The molecule has 1 saturated heterocycles. The van der Waals surface area contributed by atoms with Gasteiger partial charge in [0.15, 0.2) is 5.96 Å². The van der Waals surface area contributed by atoms with Gasteiger partial charge in [-0.05, 0) is 36.9 Å². The maximum Gasteiger partial charge on any atom is 0.191 e. The third-order valence-electron chi connectivity index (χ3n) is 4.87. The number of ether oxygens (including phenoxy) is 1. The number of thiophene rings is 1. The van der Waals surface area contributed by atoms with Gasteiger partial charge >= 0.3 is 0 Å². The number of aliphatic imine (C=N–C) groups is 1. The van der Waals surface area contributed by atoms with Crippen LogP contribution in [0, 0.1) is 0 Å².